The van der Waals surface area contributed by atoms with Gasteiger partial charge >= 0.3 is 5.97 Å². The van der Waals surface area contributed by atoms with Crippen molar-refractivity contribution in [2.45, 2.75) is 6.54 Å². The third kappa shape index (κ3) is 2.14. The molecule has 2 aromatic carbocycles. The Morgan fingerprint density at radius 3 is 2.65 bits per heavy atom. The lowest BCUT2D eigenvalue weighted by molar-refractivity contribution is 0.0699. The number of imidazole rings is 1. The van der Waals surface area contributed by atoms with Crippen LogP contribution in [0.1, 0.15) is 15.9 Å². The topological polar surface area (TPSA) is 55.1 Å². The number of benzene rings is 2. The highest BCUT2D eigenvalue weighted by Gasteiger charge is 2.12. The van der Waals surface area contributed by atoms with Crippen molar-refractivity contribution in [2.24, 2.45) is 0 Å². The molecule has 100 valence electrons. The van der Waals surface area contributed by atoms with E-state index in [0.717, 1.165) is 11.1 Å². The minimum absolute atomic E-state index is 0.181. The number of aromatic carboxylic acids is 1. The van der Waals surface area contributed by atoms with Crippen LogP contribution in [-0.4, -0.2) is 20.6 Å². The second-order valence-electron chi connectivity index (χ2n) is 4.48. The van der Waals surface area contributed by atoms with E-state index >= 15 is 0 Å². The third-order valence-corrected chi connectivity index (χ3v) is 3.15. The van der Waals surface area contributed by atoms with Gasteiger partial charge in [0.25, 0.3) is 0 Å². The van der Waals surface area contributed by atoms with E-state index in [9.17, 15) is 9.18 Å². The fourth-order valence-electron chi connectivity index (χ4n) is 2.17. The van der Waals surface area contributed by atoms with Gasteiger partial charge in [-0.1, -0.05) is 18.2 Å². The molecule has 5 heteroatoms. The molecule has 1 heterocycles. The molecule has 0 unspecified atom stereocenters. The van der Waals surface area contributed by atoms with E-state index < -0.39 is 5.97 Å². The number of halogens is 1. The molecule has 3 rings (SSSR count). The quantitative estimate of drug-likeness (QED) is 0.796. The van der Waals surface area contributed by atoms with E-state index in [2.05, 4.69) is 4.98 Å². The Kier molecular flexibility index (Phi) is 2.95. The lowest BCUT2D eigenvalue weighted by Crippen LogP contribution is -2.00. The van der Waals surface area contributed by atoms with Crippen LogP contribution in [0.4, 0.5) is 4.39 Å². The number of nitrogens with zero attached hydrogens (tertiary/aromatic N) is 2. The fourth-order valence-corrected chi connectivity index (χ4v) is 2.17. The number of carboxylic acid groups (broad SMARTS) is 1. The smallest absolute Gasteiger partial charge is 0.337 e. The zero-order valence-electron chi connectivity index (χ0n) is 10.5. The standard InChI is InChI=1S/C15H11FN2O2/c16-11-6-4-10(5-7-11)8-18-9-17-14-12(15(19)20)2-1-3-13(14)18/h1-7,9H,8H2,(H,19,20). The number of rotatable bonds is 3. The highest BCUT2D eigenvalue weighted by molar-refractivity contribution is 6.00. The highest BCUT2D eigenvalue weighted by atomic mass is 19.1. The summed E-state index contributed by atoms with van der Waals surface area (Å²) in [6, 6.07) is 11.2. The molecule has 0 saturated carbocycles. The van der Waals surface area contributed by atoms with Crippen LogP contribution in [0.3, 0.4) is 0 Å². The molecule has 0 radical (unpaired) electrons. The summed E-state index contributed by atoms with van der Waals surface area (Å²) >= 11 is 0. The van der Waals surface area contributed by atoms with Gasteiger partial charge in [-0.25, -0.2) is 14.2 Å². The molecule has 0 spiro atoms. The lowest BCUT2D eigenvalue weighted by atomic mass is 10.2. The summed E-state index contributed by atoms with van der Waals surface area (Å²) in [5.74, 6) is -1.28. The summed E-state index contributed by atoms with van der Waals surface area (Å²) in [5.41, 5.74) is 2.31. The Bertz CT molecular complexity index is 778. The van der Waals surface area contributed by atoms with E-state index in [-0.39, 0.29) is 11.4 Å². The van der Waals surface area contributed by atoms with Crippen LogP contribution in [0.15, 0.2) is 48.8 Å². The van der Waals surface area contributed by atoms with Gasteiger partial charge in [0.15, 0.2) is 0 Å². The van der Waals surface area contributed by atoms with Crippen molar-refractivity contribution in [1.29, 1.82) is 0 Å². The van der Waals surface area contributed by atoms with E-state index in [0.29, 0.717) is 12.1 Å². The van der Waals surface area contributed by atoms with E-state index in [1.54, 1.807) is 24.5 Å². The zero-order chi connectivity index (χ0) is 14.1. The van der Waals surface area contributed by atoms with E-state index in [4.69, 9.17) is 5.11 Å². The molecular weight excluding hydrogens is 259 g/mol. The van der Waals surface area contributed by atoms with Crippen LogP contribution < -0.4 is 0 Å². The van der Waals surface area contributed by atoms with E-state index in [1.165, 1.54) is 18.2 Å². The first-order valence-corrected chi connectivity index (χ1v) is 6.07. The number of hydrogen-bond donors (Lipinski definition) is 1. The molecule has 0 bridgehead atoms. The molecule has 0 atom stereocenters. The van der Waals surface area contributed by atoms with Crippen molar-refractivity contribution in [3.8, 4) is 0 Å². The van der Waals surface area contributed by atoms with Crippen molar-refractivity contribution in [3.05, 3.63) is 65.7 Å². The van der Waals surface area contributed by atoms with Gasteiger partial charge in [-0.15, -0.1) is 0 Å². The summed E-state index contributed by atoms with van der Waals surface area (Å²) in [4.78, 5) is 15.3. The maximum atomic E-state index is 12.9. The van der Waals surface area contributed by atoms with Crippen LogP contribution in [-0.2, 0) is 6.54 Å². The van der Waals surface area contributed by atoms with Crippen LogP contribution in [0, 0.1) is 5.82 Å². The average molecular weight is 270 g/mol. The third-order valence-electron chi connectivity index (χ3n) is 3.15. The molecule has 1 aromatic heterocycles. The molecule has 3 aromatic rings. The van der Waals surface area contributed by atoms with Gasteiger partial charge in [0.1, 0.15) is 11.3 Å². The highest BCUT2D eigenvalue weighted by Crippen LogP contribution is 2.18. The number of hydrogen-bond acceptors (Lipinski definition) is 2. The summed E-state index contributed by atoms with van der Waals surface area (Å²) in [5, 5.41) is 9.12. The van der Waals surface area contributed by atoms with Crippen LogP contribution in [0.2, 0.25) is 0 Å². The van der Waals surface area contributed by atoms with Crippen molar-refractivity contribution in [1.82, 2.24) is 9.55 Å². The number of fused-ring (bicyclic) bond motifs is 1. The van der Waals surface area contributed by atoms with Crippen LogP contribution in [0.5, 0.6) is 0 Å². The molecule has 4 nitrogen and oxygen atoms in total. The minimum Gasteiger partial charge on any atom is -0.478 e. The largest absolute Gasteiger partial charge is 0.478 e. The SMILES string of the molecule is O=C(O)c1cccc2c1ncn2Cc1ccc(F)cc1. The predicted molar refractivity (Wildman–Crippen MR) is 72.2 cm³/mol. The summed E-state index contributed by atoms with van der Waals surface area (Å²) in [7, 11) is 0. The summed E-state index contributed by atoms with van der Waals surface area (Å²) in [6.07, 6.45) is 1.60. The molecule has 20 heavy (non-hydrogen) atoms. The van der Waals surface area contributed by atoms with Crippen LogP contribution in [0.25, 0.3) is 11.0 Å². The number of aromatic nitrogens is 2. The fraction of sp³-hybridized carbons (Fsp3) is 0.0667. The maximum absolute atomic E-state index is 12.9. The van der Waals surface area contributed by atoms with Crippen molar-refractivity contribution in [3.63, 3.8) is 0 Å². The molecule has 0 fully saturated rings. The number of carbonyl (C=O) groups is 1. The van der Waals surface area contributed by atoms with Gasteiger partial charge in [-0.2, -0.15) is 0 Å². The molecule has 0 aliphatic rings. The Morgan fingerprint density at radius 2 is 1.95 bits per heavy atom. The Labute approximate surface area is 114 Å². The van der Waals surface area contributed by atoms with E-state index in [1.807, 2.05) is 10.6 Å². The second-order valence-corrected chi connectivity index (χ2v) is 4.48. The average Bonchev–Trinajstić information content (AvgIpc) is 2.84. The summed E-state index contributed by atoms with van der Waals surface area (Å²) in [6.45, 7) is 0.514. The van der Waals surface area contributed by atoms with Crippen molar-refractivity contribution in [2.75, 3.05) is 0 Å². The first-order chi connectivity index (χ1) is 9.65. The molecule has 0 aliphatic carbocycles. The first-order valence-electron chi connectivity index (χ1n) is 6.07. The molecule has 1 N–H and O–H groups in total. The van der Waals surface area contributed by atoms with Gasteiger partial charge in [-0.3, -0.25) is 0 Å². The van der Waals surface area contributed by atoms with Gasteiger partial charge in [0.2, 0.25) is 0 Å². The Morgan fingerprint density at radius 1 is 1.20 bits per heavy atom. The molecule has 0 aliphatic heterocycles. The van der Waals surface area contributed by atoms with Gasteiger partial charge in [0.05, 0.1) is 17.4 Å². The van der Waals surface area contributed by atoms with Gasteiger partial charge in [0, 0.05) is 6.54 Å². The Hall–Kier alpha value is -2.69. The van der Waals surface area contributed by atoms with Crippen molar-refractivity contribution >= 4 is 17.0 Å². The normalized spacial score (nSPS) is 10.8. The van der Waals surface area contributed by atoms with Gasteiger partial charge in [-0.05, 0) is 29.8 Å². The monoisotopic (exact) mass is 270 g/mol. The summed E-state index contributed by atoms with van der Waals surface area (Å²) < 4.78 is 14.7. The van der Waals surface area contributed by atoms with Gasteiger partial charge < -0.3 is 9.67 Å². The predicted octanol–water partition coefficient (Wildman–Crippen LogP) is 2.92. The number of para-hydroxylation sites is 1. The first kappa shape index (κ1) is 12.3. The zero-order valence-corrected chi connectivity index (χ0v) is 10.5. The Balaban J connectivity index is 2.03. The van der Waals surface area contributed by atoms with Crippen molar-refractivity contribution < 1.29 is 14.3 Å². The number of carboxylic acids is 1. The lowest BCUT2D eigenvalue weighted by Gasteiger charge is -2.05. The molecule has 0 saturated heterocycles. The second kappa shape index (κ2) is 4.77. The maximum Gasteiger partial charge on any atom is 0.337 e. The van der Waals surface area contributed by atoms with Crippen LogP contribution >= 0.6 is 0 Å². The molecule has 0 amide bonds. The molecular formula is C15H11FN2O2. The minimum atomic E-state index is -0.998.